The summed E-state index contributed by atoms with van der Waals surface area (Å²) in [6.45, 7) is 12.1. The lowest BCUT2D eigenvalue weighted by Gasteiger charge is -2.16. The summed E-state index contributed by atoms with van der Waals surface area (Å²) in [6, 6.07) is 5.41. The molecule has 3 aliphatic rings. The summed E-state index contributed by atoms with van der Waals surface area (Å²) in [7, 11) is 1.65. The van der Waals surface area contributed by atoms with Gasteiger partial charge in [0.05, 0.1) is 59.5 Å². The molecule has 6 aromatic rings. The summed E-state index contributed by atoms with van der Waals surface area (Å²) < 4.78 is 46.2. The normalized spacial score (nSPS) is 20.5. The van der Waals surface area contributed by atoms with E-state index in [0.29, 0.717) is 54.5 Å². The Morgan fingerprint density at radius 2 is 1.62 bits per heavy atom. The van der Waals surface area contributed by atoms with Gasteiger partial charge in [0.25, 0.3) is 0 Å². The molecule has 2 aliphatic heterocycles. The number of aromatic nitrogens is 10. The van der Waals surface area contributed by atoms with Gasteiger partial charge in [0.2, 0.25) is 0 Å². The SMILES string of the molecule is CC.CC(C)NC(=O)OC1CO[C@@H](c2cc(Nc3nccn4ncc(Br)c34)n[nH]2)C1F.COCc1cc2c(Nc3cc(C4CC(OC(=O)NC(C)C)CO4)[nH]n3)nc(C3CC3)cn2n1. The van der Waals surface area contributed by atoms with Gasteiger partial charge in [0, 0.05) is 56.1 Å². The average molecular weight is 954 g/mol. The third kappa shape index (κ3) is 11.2. The highest BCUT2D eigenvalue weighted by atomic mass is 79.9. The first kappa shape index (κ1) is 46.1. The Morgan fingerprint density at radius 3 is 2.33 bits per heavy atom. The number of halogens is 2. The van der Waals surface area contributed by atoms with E-state index < -0.39 is 30.6 Å². The summed E-state index contributed by atoms with van der Waals surface area (Å²) in [5, 5.41) is 34.8. The number of ether oxygens (including phenoxy) is 5. The number of amides is 2. The van der Waals surface area contributed by atoms with E-state index in [-0.39, 0.29) is 30.9 Å². The van der Waals surface area contributed by atoms with Crippen molar-refractivity contribution in [3.8, 4) is 0 Å². The largest absolute Gasteiger partial charge is 0.444 e. The molecule has 5 atom stereocenters. The number of aromatic amines is 2. The lowest BCUT2D eigenvalue weighted by Crippen LogP contribution is -2.36. The molecule has 2 amide bonds. The molecular formula is C41H54BrFN14O7. The molecule has 3 fully saturated rings. The molecule has 23 heteroatoms. The molecule has 1 saturated carbocycles. The van der Waals surface area contributed by atoms with E-state index in [2.05, 4.69) is 72.8 Å². The number of rotatable bonds is 13. The number of alkyl carbamates (subject to hydrolysis) is 2. The maximum atomic E-state index is 14.8. The van der Waals surface area contributed by atoms with Gasteiger partial charge >= 0.3 is 12.2 Å². The standard InChI is InChI=1S/C22H29N7O4.C17H19BrFN7O3.C2H6/c1-12(2)23-22(30)33-15-7-19(32-11-15)16-8-20(27-26-16)25-21-18-6-14(10-31-3)28-29(18)9-17(24-21)13-4-5-13;1-8(2)22-17(27)29-11-7-28-15(13(11)19)10-5-12(25-24-10)23-16-14-9(18)6-21-26(14)4-3-20-16;1-2/h6,8-9,12-13,15,19H,4-5,7,10-11H2,1-3H3,(H,23,30)(H2,24,25,26,27);3-6,8,11,13,15H,7H2,1-2H3,(H,22,27)(H2,20,23,24,25);1-2H3/t;11?,13?,15-;/m.0./s1. The molecule has 344 valence electrons. The summed E-state index contributed by atoms with van der Waals surface area (Å²) in [5.74, 6) is 2.78. The van der Waals surface area contributed by atoms with Crippen molar-refractivity contribution in [1.82, 2.24) is 60.2 Å². The zero-order valence-corrected chi connectivity index (χ0v) is 38.2. The van der Waals surface area contributed by atoms with Crippen LogP contribution in [-0.4, -0.2) is 113 Å². The van der Waals surface area contributed by atoms with Crippen LogP contribution in [0, 0.1) is 0 Å². The zero-order chi connectivity index (χ0) is 45.5. The Kier molecular flexibility index (Phi) is 14.9. The molecule has 21 nitrogen and oxygen atoms in total. The fourth-order valence-corrected chi connectivity index (χ4v) is 7.43. The molecule has 64 heavy (non-hydrogen) atoms. The van der Waals surface area contributed by atoms with Crippen LogP contribution >= 0.6 is 15.9 Å². The highest BCUT2D eigenvalue weighted by molar-refractivity contribution is 9.10. The van der Waals surface area contributed by atoms with E-state index in [0.717, 1.165) is 45.4 Å². The van der Waals surface area contributed by atoms with Crippen LogP contribution < -0.4 is 21.3 Å². The van der Waals surface area contributed by atoms with Crippen molar-refractivity contribution in [2.45, 2.75) is 116 Å². The van der Waals surface area contributed by atoms with Crippen LogP contribution in [-0.2, 0) is 30.3 Å². The molecule has 0 aromatic carbocycles. The molecule has 0 bridgehead atoms. The molecular weight excluding hydrogens is 899 g/mol. The van der Waals surface area contributed by atoms with Crippen LogP contribution in [0.4, 0.5) is 37.3 Å². The van der Waals surface area contributed by atoms with Gasteiger partial charge in [-0.3, -0.25) is 10.2 Å². The monoisotopic (exact) mass is 952 g/mol. The third-order valence-corrected chi connectivity index (χ3v) is 10.5. The van der Waals surface area contributed by atoms with Crippen LogP contribution in [0.5, 0.6) is 0 Å². The van der Waals surface area contributed by atoms with Gasteiger partial charge in [-0.25, -0.2) is 33.0 Å². The number of H-pyrrole nitrogens is 2. The Hall–Kier alpha value is -5.91. The second-order valence-corrected chi connectivity index (χ2v) is 16.6. The Bertz CT molecular complexity index is 2500. The number of carbonyl (C=O) groups is 2. The molecule has 8 heterocycles. The Balaban J connectivity index is 0.000000186. The Labute approximate surface area is 376 Å². The molecule has 2 saturated heterocycles. The number of methoxy groups -OCH3 is 1. The lowest BCUT2D eigenvalue weighted by molar-refractivity contribution is 0.0614. The van der Waals surface area contributed by atoms with E-state index >= 15 is 0 Å². The molecule has 0 spiro atoms. The highest BCUT2D eigenvalue weighted by Gasteiger charge is 2.42. The first-order chi connectivity index (χ1) is 30.9. The van der Waals surface area contributed by atoms with Crippen LogP contribution in [0.15, 0.2) is 47.5 Å². The van der Waals surface area contributed by atoms with E-state index in [1.807, 2.05) is 50.5 Å². The van der Waals surface area contributed by atoms with Crippen molar-refractivity contribution in [1.29, 1.82) is 0 Å². The number of fused-ring (bicyclic) bond motifs is 2. The van der Waals surface area contributed by atoms with Crippen molar-refractivity contribution in [3.05, 3.63) is 70.2 Å². The predicted octanol–water partition coefficient (Wildman–Crippen LogP) is 7.08. The van der Waals surface area contributed by atoms with E-state index in [1.165, 1.54) is 0 Å². The number of nitrogens with zero attached hydrogens (tertiary/aromatic N) is 8. The quantitative estimate of drug-likeness (QED) is 0.0677. The van der Waals surface area contributed by atoms with Crippen LogP contribution in [0.2, 0.25) is 0 Å². The maximum Gasteiger partial charge on any atom is 0.407 e. The zero-order valence-electron chi connectivity index (χ0n) is 36.6. The average Bonchev–Trinajstić information content (AvgIpc) is 3.86. The predicted molar refractivity (Wildman–Crippen MR) is 235 cm³/mol. The molecule has 4 unspecified atom stereocenters. The van der Waals surface area contributed by atoms with Crippen LogP contribution in [0.3, 0.4) is 0 Å². The van der Waals surface area contributed by atoms with Crippen molar-refractivity contribution >= 4 is 62.4 Å². The summed E-state index contributed by atoms with van der Waals surface area (Å²) in [4.78, 5) is 32.7. The van der Waals surface area contributed by atoms with Crippen LogP contribution in [0.25, 0.3) is 11.0 Å². The minimum Gasteiger partial charge on any atom is -0.444 e. The number of anilines is 4. The molecule has 0 radical (unpaired) electrons. The molecule has 1 aliphatic carbocycles. The van der Waals surface area contributed by atoms with E-state index in [9.17, 15) is 14.0 Å². The summed E-state index contributed by atoms with van der Waals surface area (Å²) in [5.41, 5.74) is 4.70. The smallest absolute Gasteiger partial charge is 0.407 e. The van der Waals surface area contributed by atoms with Crippen molar-refractivity contribution in [2.75, 3.05) is 31.0 Å². The topological polar surface area (TPSA) is 246 Å². The fraction of sp³-hybridized carbons (Fsp3) is 0.512. The number of carbonyl (C=O) groups excluding carboxylic acids is 2. The van der Waals surface area contributed by atoms with Gasteiger partial charge in [-0.05, 0) is 62.5 Å². The van der Waals surface area contributed by atoms with Gasteiger partial charge < -0.3 is 45.0 Å². The van der Waals surface area contributed by atoms with Gasteiger partial charge in [0.15, 0.2) is 35.5 Å². The first-order valence-electron chi connectivity index (χ1n) is 21.2. The van der Waals surface area contributed by atoms with Gasteiger partial charge in [-0.2, -0.15) is 20.4 Å². The number of nitrogens with one attached hydrogen (secondary N) is 6. The van der Waals surface area contributed by atoms with E-state index in [1.54, 1.807) is 50.1 Å². The van der Waals surface area contributed by atoms with Crippen molar-refractivity contribution in [2.24, 2.45) is 0 Å². The minimum absolute atomic E-state index is 0.0247. The fourth-order valence-electron chi connectivity index (χ4n) is 6.96. The lowest BCUT2D eigenvalue weighted by atomic mass is 10.1. The molecule has 6 N–H and O–H groups in total. The van der Waals surface area contributed by atoms with E-state index in [4.69, 9.17) is 28.7 Å². The van der Waals surface area contributed by atoms with Gasteiger partial charge in [-0.1, -0.05) is 13.8 Å². The Morgan fingerprint density at radius 1 is 0.938 bits per heavy atom. The second kappa shape index (κ2) is 20.7. The summed E-state index contributed by atoms with van der Waals surface area (Å²) in [6.07, 6.45) is 4.79. The van der Waals surface area contributed by atoms with Crippen LogP contribution in [0.1, 0.15) is 102 Å². The van der Waals surface area contributed by atoms with Gasteiger partial charge in [-0.15, -0.1) is 0 Å². The molecule has 6 aromatic heterocycles. The number of alkyl halides is 1. The third-order valence-electron chi connectivity index (χ3n) is 9.93. The first-order valence-corrected chi connectivity index (χ1v) is 22.0. The number of hydrogen-bond acceptors (Lipinski definition) is 15. The maximum absolute atomic E-state index is 14.8. The highest BCUT2D eigenvalue weighted by Crippen LogP contribution is 2.40. The number of hydrogen-bond donors (Lipinski definition) is 6. The van der Waals surface area contributed by atoms with Crippen molar-refractivity contribution in [3.63, 3.8) is 0 Å². The minimum atomic E-state index is -1.52. The summed E-state index contributed by atoms with van der Waals surface area (Å²) >= 11 is 3.43. The van der Waals surface area contributed by atoms with Gasteiger partial charge in [0.1, 0.15) is 29.3 Å². The van der Waals surface area contributed by atoms with Crippen molar-refractivity contribution < 1.29 is 37.7 Å². The molecule has 9 rings (SSSR count). The second-order valence-electron chi connectivity index (χ2n) is 15.7.